The minimum Gasteiger partial charge on any atom is -0.383 e. The molecule has 0 aliphatic rings. The minimum atomic E-state index is 0.219. The molecule has 0 fully saturated rings. The number of hydrogen-bond acceptors (Lipinski definition) is 2. The van der Waals surface area contributed by atoms with Crippen molar-refractivity contribution in [3.05, 3.63) is 34.9 Å². The van der Waals surface area contributed by atoms with Crippen LogP contribution >= 0.6 is 0 Å². The monoisotopic (exact) mass is 277 g/mol. The van der Waals surface area contributed by atoms with Gasteiger partial charge in [0.05, 0.1) is 6.61 Å². The van der Waals surface area contributed by atoms with Crippen molar-refractivity contribution >= 4 is 0 Å². The minimum absolute atomic E-state index is 0.219. The molecule has 1 aromatic rings. The summed E-state index contributed by atoms with van der Waals surface area (Å²) < 4.78 is 5.05. The first-order chi connectivity index (χ1) is 9.55. The molecule has 0 aromatic heterocycles. The second-order valence-electron chi connectivity index (χ2n) is 6.07. The van der Waals surface area contributed by atoms with Gasteiger partial charge in [-0.1, -0.05) is 45.9 Å². The van der Waals surface area contributed by atoms with Crippen LogP contribution in [0.5, 0.6) is 0 Å². The number of nitrogens with one attached hydrogen (secondary N) is 1. The van der Waals surface area contributed by atoms with Gasteiger partial charge in [-0.15, -0.1) is 0 Å². The topological polar surface area (TPSA) is 21.3 Å². The lowest BCUT2D eigenvalue weighted by atomic mass is 9.80. The van der Waals surface area contributed by atoms with E-state index >= 15 is 0 Å². The first-order valence-corrected chi connectivity index (χ1v) is 7.87. The third-order valence-corrected chi connectivity index (χ3v) is 4.16. The molecule has 1 aromatic carbocycles. The van der Waals surface area contributed by atoms with Crippen LogP contribution in [0.1, 0.15) is 50.8 Å². The van der Waals surface area contributed by atoms with E-state index in [1.165, 1.54) is 16.7 Å². The van der Waals surface area contributed by atoms with E-state index in [2.05, 4.69) is 51.2 Å². The fraction of sp³-hybridized carbons (Fsp3) is 0.667. The molecular weight excluding hydrogens is 246 g/mol. The largest absolute Gasteiger partial charge is 0.383 e. The van der Waals surface area contributed by atoms with Crippen LogP contribution in [-0.2, 0) is 23.0 Å². The summed E-state index contributed by atoms with van der Waals surface area (Å²) in [6.07, 6.45) is 3.40. The van der Waals surface area contributed by atoms with Crippen molar-refractivity contribution in [2.24, 2.45) is 0 Å². The number of hydrogen-bond donors (Lipinski definition) is 1. The fourth-order valence-corrected chi connectivity index (χ4v) is 2.57. The molecule has 1 N–H and O–H groups in total. The van der Waals surface area contributed by atoms with Gasteiger partial charge in [0.1, 0.15) is 0 Å². The predicted molar refractivity (Wildman–Crippen MR) is 87.6 cm³/mol. The molecule has 2 nitrogen and oxygen atoms in total. The quantitative estimate of drug-likeness (QED) is 0.695. The summed E-state index contributed by atoms with van der Waals surface area (Å²) in [5, 5.41) is 3.44. The molecule has 0 bridgehead atoms. The van der Waals surface area contributed by atoms with E-state index in [-0.39, 0.29) is 5.41 Å². The summed E-state index contributed by atoms with van der Waals surface area (Å²) in [4.78, 5) is 0. The molecule has 0 spiro atoms. The highest BCUT2D eigenvalue weighted by atomic mass is 16.5. The molecule has 0 heterocycles. The molecule has 0 atom stereocenters. The Morgan fingerprint density at radius 2 is 1.75 bits per heavy atom. The number of aryl methyl sites for hydroxylation is 2. The van der Waals surface area contributed by atoms with Crippen molar-refractivity contribution in [1.29, 1.82) is 0 Å². The smallest absolute Gasteiger partial charge is 0.0587 e. The van der Waals surface area contributed by atoms with Gasteiger partial charge in [-0.2, -0.15) is 0 Å². The zero-order valence-corrected chi connectivity index (χ0v) is 13.9. The Bertz CT molecular complexity index is 398. The lowest BCUT2D eigenvalue weighted by molar-refractivity contribution is 0.198. The molecule has 20 heavy (non-hydrogen) atoms. The molecule has 2 heteroatoms. The van der Waals surface area contributed by atoms with Gasteiger partial charge in [0.15, 0.2) is 0 Å². The van der Waals surface area contributed by atoms with E-state index in [4.69, 9.17) is 4.74 Å². The Hall–Kier alpha value is -0.860. The molecule has 0 saturated heterocycles. The van der Waals surface area contributed by atoms with Gasteiger partial charge in [-0.3, -0.25) is 0 Å². The van der Waals surface area contributed by atoms with Crippen LogP contribution in [0.15, 0.2) is 18.2 Å². The van der Waals surface area contributed by atoms with Gasteiger partial charge in [0, 0.05) is 13.7 Å². The van der Waals surface area contributed by atoms with E-state index in [0.29, 0.717) is 0 Å². The standard InChI is InChI=1S/C18H31NO/c1-6-15-8-9-17(14-16(15)7-2)18(3,4)10-11-19-12-13-20-5/h8-9,14,19H,6-7,10-13H2,1-5H3. The third-order valence-electron chi connectivity index (χ3n) is 4.16. The lowest BCUT2D eigenvalue weighted by Gasteiger charge is -2.27. The summed E-state index contributed by atoms with van der Waals surface area (Å²) in [6.45, 7) is 11.9. The Labute approximate surface area is 124 Å². The van der Waals surface area contributed by atoms with Crippen LogP contribution in [-0.4, -0.2) is 26.8 Å². The van der Waals surface area contributed by atoms with Gasteiger partial charge in [-0.25, -0.2) is 0 Å². The van der Waals surface area contributed by atoms with Crippen LogP contribution in [0.25, 0.3) is 0 Å². The zero-order chi connectivity index (χ0) is 15.0. The molecule has 114 valence electrons. The first kappa shape index (κ1) is 17.2. The number of rotatable bonds is 9. The van der Waals surface area contributed by atoms with Crippen LogP contribution < -0.4 is 5.32 Å². The van der Waals surface area contributed by atoms with Crippen LogP contribution in [0.4, 0.5) is 0 Å². The molecule has 0 aliphatic carbocycles. The van der Waals surface area contributed by atoms with Gasteiger partial charge in [-0.05, 0) is 47.9 Å². The van der Waals surface area contributed by atoms with Crippen molar-refractivity contribution < 1.29 is 4.74 Å². The number of ether oxygens (including phenoxy) is 1. The van der Waals surface area contributed by atoms with Crippen LogP contribution in [0, 0.1) is 0 Å². The maximum Gasteiger partial charge on any atom is 0.0587 e. The van der Waals surface area contributed by atoms with E-state index in [1.807, 2.05) is 0 Å². The van der Waals surface area contributed by atoms with Crippen molar-refractivity contribution in [2.45, 2.75) is 52.4 Å². The average molecular weight is 277 g/mol. The van der Waals surface area contributed by atoms with E-state index < -0.39 is 0 Å². The Kier molecular flexibility index (Phi) is 7.25. The van der Waals surface area contributed by atoms with Crippen molar-refractivity contribution in [3.63, 3.8) is 0 Å². The highest BCUT2D eigenvalue weighted by Crippen LogP contribution is 2.28. The lowest BCUT2D eigenvalue weighted by Crippen LogP contribution is -2.27. The normalized spacial score (nSPS) is 11.8. The molecule has 1 rings (SSSR count). The summed E-state index contributed by atoms with van der Waals surface area (Å²) >= 11 is 0. The van der Waals surface area contributed by atoms with E-state index in [9.17, 15) is 0 Å². The maximum absolute atomic E-state index is 5.05. The molecular formula is C18H31NO. The van der Waals surface area contributed by atoms with E-state index in [1.54, 1.807) is 7.11 Å². The van der Waals surface area contributed by atoms with Crippen molar-refractivity contribution in [1.82, 2.24) is 5.32 Å². The predicted octanol–water partition coefficient (Wildman–Crippen LogP) is 3.72. The summed E-state index contributed by atoms with van der Waals surface area (Å²) in [6, 6.07) is 7.04. The molecule has 0 radical (unpaired) electrons. The fourth-order valence-electron chi connectivity index (χ4n) is 2.57. The third kappa shape index (κ3) is 4.92. The van der Waals surface area contributed by atoms with Gasteiger partial charge < -0.3 is 10.1 Å². The maximum atomic E-state index is 5.05. The summed E-state index contributed by atoms with van der Waals surface area (Å²) in [5.41, 5.74) is 4.67. The second kappa shape index (κ2) is 8.43. The molecule has 0 unspecified atom stereocenters. The van der Waals surface area contributed by atoms with Crippen LogP contribution in [0.2, 0.25) is 0 Å². The first-order valence-electron chi connectivity index (χ1n) is 7.87. The molecule has 0 amide bonds. The summed E-state index contributed by atoms with van der Waals surface area (Å²) in [5.74, 6) is 0. The van der Waals surface area contributed by atoms with E-state index in [0.717, 1.165) is 39.0 Å². The zero-order valence-electron chi connectivity index (χ0n) is 13.9. The highest BCUT2D eigenvalue weighted by Gasteiger charge is 2.20. The van der Waals surface area contributed by atoms with Gasteiger partial charge >= 0.3 is 0 Å². The van der Waals surface area contributed by atoms with Gasteiger partial charge in [0.2, 0.25) is 0 Å². The molecule has 0 saturated carbocycles. The van der Waals surface area contributed by atoms with Crippen molar-refractivity contribution in [3.8, 4) is 0 Å². The molecule has 0 aliphatic heterocycles. The number of benzene rings is 1. The van der Waals surface area contributed by atoms with Crippen LogP contribution in [0.3, 0.4) is 0 Å². The van der Waals surface area contributed by atoms with Crippen molar-refractivity contribution in [2.75, 3.05) is 26.8 Å². The number of methoxy groups -OCH3 is 1. The highest BCUT2D eigenvalue weighted by molar-refractivity contribution is 5.35. The SMILES string of the molecule is CCc1ccc(C(C)(C)CCNCCOC)cc1CC. The second-order valence-corrected chi connectivity index (χ2v) is 6.07. The Morgan fingerprint density at radius 1 is 1.05 bits per heavy atom. The average Bonchev–Trinajstić information content (AvgIpc) is 2.46. The Balaban J connectivity index is 2.66. The Morgan fingerprint density at radius 3 is 2.35 bits per heavy atom. The van der Waals surface area contributed by atoms with Gasteiger partial charge in [0.25, 0.3) is 0 Å². The summed E-state index contributed by atoms with van der Waals surface area (Å²) in [7, 11) is 1.74.